The van der Waals surface area contributed by atoms with E-state index in [0.717, 1.165) is 35.3 Å². The molecule has 4 rings (SSSR count). The standard InChI is InChI=1S/C20H25N5O2S/c1-12-8-16(14(3)25(12)19-9-13(2)27-24-19)17(26)11-28-20-21-18(22-23-20)10-15-6-4-5-7-15/h8-9,15H,4-7,10-11H2,1-3H3,(H,21,22,23). The Balaban J connectivity index is 1.41. The lowest BCUT2D eigenvalue weighted by Gasteiger charge is -2.05. The van der Waals surface area contributed by atoms with Crippen molar-refractivity contribution >= 4 is 17.5 Å². The van der Waals surface area contributed by atoms with Crippen molar-refractivity contribution in [1.29, 1.82) is 0 Å². The molecule has 0 bridgehead atoms. The number of ketones is 1. The molecule has 0 radical (unpaired) electrons. The number of nitrogens with zero attached hydrogens (tertiary/aromatic N) is 4. The molecule has 0 aliphatic heterocycles. The third-order valence-corrected chi connectivity index (χ3v) is 6.22. The van der Waals surface area contributed by atoms with Gasteiger partial charge in [0.2, 0.25) is 5.16 Å². The minimum atomic E-state index is 0.0618. The lowest BCUT2D eigenvalue weighted by molar-refractivity contribution is 0.102. The van der Waals surface area contributed by atoms with E-state index in [-0.39, 0.29) is 5.78 Å². The fraction of sp³-hybridized carbons (Fsp3) is 0.500. The van der Waals surface area contributed by atoms with Crippen LogP contribution in [0.1, 0.15) is 59.0 Å². The number of Topliss-reactive ketones (excluding diaryl/α,β-unsaturated/α-hetero) is 1. The average molecular weight is 400 g/mol. The van der Waals surface area contributed by atoms with Gasteiger partial charge in [0.15, 0.2) is 11.6 Å². The van der Waals surface area contributed by atoms with Crippen molar-refractivity contribution in [1.82, 2.24) is 24.9 Å². The Hall–Kier alpha value is -2.35. The van der Waals surface area contributed by atoms with Crippen molar-refractivity contribution in [2.24, 2.45) is 5.92 Å². The number of hydrogen-bond donors (Lipinski definition) is 1. The smallest absolute Gasteiger partial charge is 0.208 e. The zero-order valence-corrected chi connectivity index (χ0v) is 17.3. The van der Waals surface area contributed by atoms with Gasteiger partial charge in [-0.15, -0.1) is 5.10 Å². The van der Waals surface area contributed by atoms with Gasteiger partial charge in [-0.25, -0.2) is 4.98 Å². The summed E-state index contributed by atoms with van der Waals surface area (Å²) in [4.78, 5) is 17.3. The Morgan fingerprint density at radius 2 is 2.07 bits per heavy atom. The van der Waals surface area contributed by atoms with Gasteiger partial charge in [-0.2, -0.15) is 0 Å². The zero-order chi connectivity index (χ0) is 19.7. The first-order valence-corrected chi connectivity index (χ1v) is 10.7. The number of aromatic nitrogens is 5. The van der Waals surface area contributed by atoms with Gasteiger partial charge in [-0.05, 0) is 32.8 Å². The van der Waals surface area contributed by atoms with Crippen LogP contribution in [-0.4, -0.2) is 36.4 Å². The third-order valence-electron chi connectivity index (χ3n) is 5.38. The van der Waals surface area contributed by atoms with Crippen LogP contribution in [-0.2, 0) is 6.42 Å². The second-order valence-electron chi connectivity index (χ2n) is 7.55. The van der Waals surface area contributed by atoms with E-state index >= 15 is 0 Å². The molecule has 7 nitrogen and oxygen atoms in total. The van der Waals surface area contributed by atoms with E-state index in [9.17, 15) is 4.79 Å². The maximum atomic E-state index is 12.8. The number of carbonyl (C=O) groups is 1. The first-order valence-electron chi connectivity index (χ1n) is 9.71. The number of aromatic amines is 1. The fourth-order valence-corrected chi connectivity index (χ4v) is 4.69. The highest BCUT2D eigenvalue weighted by atomic mass is 32.2. The molecule has 148 valence electrons. The van der Waals surface area contributed by atoms with Crippen molar-refractivity contribution in [3.8, 4) is 5.82 Å². The molecule has 0 aromatic carbocycles. The first-order chi connectivity index (χ1) is 13.5. The molecule has 1 aliphatic rings. The van der Waals surface area contributed by atoms with Crippen molar-refractivity contribution in [2.75, 3.05) is 5.75 Å². The number of H-pyrrole nitrogens is 1. The molecule has 3 aromatic rings. The topological polar surface area (TPSA) is 89.6 Å². The highest BCUT2D eigenvalue weighted by Gasteiger charge is 2.20. The molecule has 28 heavy (non-hydrogen) atoms. The number of rotatable bonds is 7. The predicted molar refractivity (Wildman–Crippen MR) is 107 cm³/mol. The molecule has 0 atom stereocenters. The van der Waals surface area contributed by atoms with Crippen LogP contribution in [0.15, 0.2) is 21.8 Å². The summed E-state index contributed by atoms with van der Waals surface area (Å²) in [5, 5.41) is 12.0. The van der Waals surface area contributed by atoms with Crippen LogP contribution in [0.4, 0.5) is 0 Å². The molecule has 3 aromatic heterocycles. The van der Waals surface area contributed by atoms with E-state index in [1.165, 1.54) is 37.4 Å². The normalized spacial score (nSPS) is 14.8. The summed E-state index contributed by atoms with van der Waals surface area (Å²) < 4.78 is 7.12. The summed E-state index contributed by atoms with van der Waals surface area (Å²) in [5.41, 5.74) is 2.52. The molecule has 1 fully saturated rings. The molecule has 1 saturated carbocycles. The molecule has 0 spiro atoms. The maximum absolute atomic E-state index is 12.8. The SMILES string of the molecule is Cc1cc(-n2c(C)cc(C(=O)CSc3n[nH]c(CC4CCCC4)n3)c2C)no1. The van der Waals surface area contributed by atoms with E-state index in [1.807, 2.05) is 37.5 Å². The Morgan fingerprint density at radius 1 is 1.29 bits per heavy atom. The van der Waals surface area contributed by atoms with E-state index in [1.54, 1.807) is 0 Å². The zero-order valence-electron chi connectivity index (χ0n) is 16.5. The Kier molecular flexibility index (Phi) is 5.39. The summed E-state index contributed by atoms with van der Waals surface area (Å²) in [7, 11) is 0. The van der Waals surface area contributed by atoms with Gasteiger partial charge in [0, 0.05) is 29.4 Å². The minimum Gasteiger partial charge on any atom is -0.360 e. The monoisotopic (exact) mass is 399 g/mol. The Bertz CT molecular complexity index is 981. The summed E-state index contributed by atoms with van der Waals surface area (Å²) >= 11 is 1.38. The molecular formula is C20H25N5O2S. The van der Waals surface area contributed by atoms with Gasteiger partial charge in [-0.1, -0.05) is 42.6 Å². The van der Waals surface area contributed by atoms with Crippen molar-refractivity contribution < 1.29 is 9.32 Å². The number of nitrogens with one attached hydrogen (secondary N) is 1. The van der Waals surface area contributed by atoms with E-state index in [2.05, 4.69) is 20.3 Å². The molecular weight excluding hydrogens is 374 g/mol. The van der Waals surface area contributed by atoms with Gasteiger partial charge < -0.3 is 4.52 Å². The largest absolute Gasteiger partial charge is 0.360 e. The minimum absolute atomic E-state index is 0.0618. The number of hydrogen-bond acceptors (Lipinski definition) is 6. The highest BCUT2D eigenvalue weighted by molar-refractivity contribution is 7.99. The predicted octanol–water partition coefficient (Wildman–Crippen LogP) is 4.22. The van der Waals surface area contributed by atoms with Crippen molar-refractivity contribution in [3.63, 3.8) is 0 Å². The number of thioether (sulfide) groups is 1. The summed E-state index contributed by atoms with van der Waals surface area (Å²) in [6, 6.07) is 3.77. The summed E-state index contributed by atoms with van der Waals surface area (Å²) in [6.45, 7) is 5.75. The summed E-state index contributed by atoms with van der Waals surface area (Å²) in [5.74, 6) is 3.46. The van der Waals surface area contributed by atoms with Crippen LogP contribution in [0, 0.1) is 26.7 Å². The molecule has 3 heterocycles. The Labute approximate surface area is 168 Å². The molecule has 0 unspecified atom stereocenters. The summed E-state index contributed by atoms with van der Waals surface area (Å²) in [6.07, 6.45) is 6.16. The van der Waals surface area contributed by atoms with Gasteiger partial charge in [0.05, 0.1) is 5.75 Å². The molecule has 1 N–H and O–H groups in total. The second kappa shape index (κ2) is 7.95. The van der Waals surface area contributed by atoms with E-state index in [4.69, 9.17) is 4.52 Å². The number of aryl methyl sites for hydroxylation is 2. The van der Waals surface area contributed by atoms with E-state index < -0.39 is 0 Å². The molecule has 0 amide bonds. The van der Waals surface area contributed by atoms with Crippen molar-refractivity contribution in [3.05, 3.63) is 40.7 Å². The molecule has 0 saturated heterocycles. The maximum Gasteiger partial charge on any atom is 0.208 e. The first kappa shape index (κ1) is 19.0. The third kappa shape index (κ3) is 3.92. The quantitative estimate of drug-likeness (QED) is 0.473. The second-order valence-corrected chi connectivity index (χ2v) is 8.49. The van der Waals surface area contributed by atoms with E-state index in [0.29, 0.717) is 22.3 Å². The fourth-order valence-electron chi connectivity index (χ4n) is 3.99. The van der Waals surface area contributed by atoms with Gasteiger partial charge in [-0.3, -0.25) is 14.5 Å². The van der Waals surface area contributed by atoms with Crippen LogP contribution in [0.2, 0.25) is 0 Å². The highest BCUT2D eigenvalue weighted by Crippen LogP contribution is 2.28. The number of carbonyl (C=O) groups excluding carboxylic acids is 1. The van der Waals surface area contributed by atoms with Crippen LogP contribution in [0.3, 0.4) is 0 Å². The van der Waals surface area contributed by atoms with Gasteiger partial charge in [0.1, 0.15) is 11.6 Å². The van der Waals surface area contributed by atoms with Crippen molar-refractivity contribution in [2.45, 2.75) is 58.0 Å². The lowest BCUT2D eigenvalue weighted by atomic mass is 10.0. The molecule has 8 heteroatoms. The van der Waals surface area contributed by atoms with Gasteiger partial charge >= 0.3 is 0 Å². The molecule has 1 aliphatic carbocycles. The lowest BCUT2D eigenvalue weighted by Crippen LogP contribution is -2.06. The van der Waals surface area contributed by atoms with Crippen LogP contribution in [0.5, 0.6) is 0 Å². The van der Waals surface area contributed by atoms with Gasteiger partial charge in [0.25, 0.3) is 0 Å². The van der Waals surface area contributed by atoms with Crippen LogP contribution in [0.25, 0.3) is 5.82 Å². The van der Waals surface area contributed by atoms with Crippen LogP contribution < -0.4 is 0 Å². The Morgan fingerprint density at radius 3 is 2.79 bits per heavy atom. The average Bonchev–Trinajstić information content (AvgIpc) is 3.44. The van der Waals surface area contributed by atoms with Crippen LogP contribution >= 0.6 is 11.8 Å².